The summed E-state index contributed by atoms with van der Waals surface area (Å²) in [5.41, 5.74) is 19.0. The zero-order valence-electron chi connectivity index (χ0n) is 37.3. The first-order chi connectivity index (χ1) is 34.2. The molecular formula is C64H39N5. The lowest BCUT2D eigenvalue weighted by Crippen LogP contribution is -2.26. The predicted octanol–water partition coefficient (Wildman–Crippen LogP) is 15.4. The number of rotatable bonds is 5. The molecule has 0 radical (unpaired) electrons. The van der Waals surface area contributed by atoms with Crippen LogP contribution in [0.25, 0.3) is 111 Å². The molecule has 2 aliphatic carbocycles. The van der Waals surface area contributed by atoms with Gasteiger partial charge in [-0.1, -0.05) is 182 Å². The molecule has 0 amide bonds. The van der Waals surface area contributed by atoms with E-state index in [0.29, 0.717) is 17.5 Å². The fourth-order valence-electron chi connectivity index (χ4n) is 11.9. The van der Waals surface area contributed by atoms with E-state index in [2.05, 4.69) is 209 Å². The maximum absolute atomic E-state index is 5.26. The average molecular weight is 878 g/mol. The Kier molecular flexibility index (Phi) is 7.93. The van der Waals surface area contributed by atoms with E-state index < -0.39 is 5.41 Å². The van der Waals surface area contributed by atoms with Crippen LogP contribution in [0.5, 0.6) is 0 Å². The second-order valence-electron chi connectivity index (χ2n) is 18.3. The lowest BCUT2D eigenvalue weighted by Gasteiger charge is -2.31. The summed E-state index contributed by atoms with van der Waals surface area (Å²) in [5.74, 6) is 1.91. The number of hydrogen-bond donors (Lipinski definition) is 0. The molecule has 0 saturated carbocycles. The molecule has 5 nitrogen and oxygen atoms in total. The third-order valence-electron chi connectivity index (χ3n) is 14.8. The van der Waals surface area contributed by atoms with Crippen molar-refractivity contribution in [3.05, 3.63) is 259 Å². The summed E-state index contributed by atoms with van der Waals surface area (Å²) in [6, 6.07) is 85.9. The summed E-state index contributed by atoms with van der Waals surface area (Å²) < 4.78 is 4.90. The molecule has 2 aliphatic rings. The van der Waals surface area contributed by atoms with Crippen molar-refractivity contribution in [2.45, 2.75) is 5.41 Å². The summed E-state index contributed by atoms with van der Waals surface area (Å²) in [6.07, 6.45) is 0. The number of aromatic nitrogens is 5. The molecule has 0 atom stereocenters. The molecule has 0 saturated heterocycles. The van der Waals surface area contributed by atoms with E-state index in [1.807, 2.05) is 36.4 Å². The van der Waals surface area contributed by atoms with Gasteiger partial charge in [-0.05, 0) is 99.1 Å². The first-order valence-electron chi connectivity index (χ1n) is 23.6. The normalized spacial score (nSPS) is 13.0. The summed E-state index contributed by atoms with van der Waals surface area (Å²) in [6.45, 7) is 0. The van der Waals surface area contributed by atoms with Gasteiger partial charge in [-0.25, -0.2) is 15.0 Å². The molecule has 0 fully saturated rings. The van der Waals surface area contributed by atoms with Gasteiger partial charge in [-0.2, -0.15) is 0 Å². The van der Waals surface area contributed by atoms with Gasteiger partial charge in [-0.3, -0.25) is 0 Å². The maximum Gasteiger partial charge on any atom is 0.164 e. The van der Waals surface area contributed by atoms with Crippen molar-refractivity contribution in [1.29, 1.82) is 0 Å². The fourth-order valence-corrected chi connectivity index (χ4v) is 11.9. The van der Waals surface area contributed by atoms with Gasteiger partial charge in [0, 0.05) is 49.6 Å². The zero-order valence-corrected chi connectivity index (χ0v) is 37.3. The Labute approximate surface area is 397 Å². The molecule has 3 heterocycles. The molecule has 0 N–H and O–H groups in total. The minimum atomic E-state index is -0.701. The molecule has 5 heteroatoms. The molecule has 0 aliphatic heterocycles. The van der Waals surface area contributed by atoms with Crippen LogP contribution in [0.4, 0.5) is 0 Å². The molecule has 3 aromatic heterocycles. The van der Waals surface area contributed by atoms with Crippen LogP contribution in [0.3, 0.4) is 0 Å². The van der Waals surface area contributed by atoms with Gasteiger partial charge in [0.2, 0.25) is 0 Å². The van der Waals surface area contributed by atoms with Gasteiger partial charge >= 0.3 is 0 Å². The number of hydrogen-bond acceptors (Lipinski definition) is 3. The first-order valence-corrected chi connectivity index (χ1v) is 23.6. The molecule has 320 valence electrons. The summed E-state index contributed by atoms with van der Waals surface area (Å²) in [7, 11) is 0. The quantitative estimate of drug-likeness (QED) is 0.173. The Balaban J connectivity index is 1.04. The minimum absolute atomic E-state index is 0.633. The van der Waals surface area contributed by atoms with E-state index in [1.54, 1.807) is 0 Å². The Morgan fingerprint density at radius 2 is 0.609 bits per heavy atom. The minimum Gasteiger partial charge on any atom is -0.309 e. The van der Waals surface area contributed by atoms with Crippen LogP contribution >= 0.6 is 0 Å². The van der Waals surface area contributed by atoms with Gasteiger partial charge in [0.1, 0.15) is 0 Å². The second kappa shape index (κ2) is 14.4. The van der Waals surface area contributed by atoms with Gasteiger partial charge in [0.05, 0.1) is 27.5 Å². The van der Waals surface area contributed by atoms with Crippen LogP contribution in [0.2, 0.25) is 0 Å². The fraction of sp³-hybridized carbons (Fsp3) is 0.0156. The van der Waals surface area contributed by atoms with E-state index in [0.717, 1.165) is 28.1 Å². The van der Waals surface area contributed by atoms with Crippen LogP contribution in [0, 0.1) is 0 Å². The molecule has 13 aromatic rings. The molecule has 0 unspecified atom stereocenters. The number of benzene rings is 10. The van der Waals surface area contributed by atoms with Crippen molar-refractivity contribution in [3.8, 4) is 67.8 Å². The highest BCUT2D eigenvalue weighted by Gasteiger charge is 2.52. The van der Waals surface area contributed by atoms with Crippen LogP contribution < -0.4 is 0 Å². The van der Waals surface area contributed by atoms with Gasteiger partial charge < -0.3 is 9.13 Å². The third kappa shape index (κ3) is 5.32. The van der Waals surface area contributed by atoms with E-state index in [4.69, 9.17) is 15.0 Å². The number of nitrogens with zero attached hydrogens (tertiary/aromatic N) is 5. The monoisotopic (exact) mass is 877 g/mol. The Hall–Kier alpha value is -9.19. The average Bonchev–Trinajstić information content (AvgIpc) is 4.13. The molecular weight excluding hydrogens is 839 g/mol. The van der Waals surface area contributed by atoms with Crippen LogP contribution in [-0.4, -0.2) is 24.1 Å². The SMILES string of the molecule is c1ccc(-c2nc(-c3ccccc3)nc(-c3ccc4c(c3)C3(c5ccccc5-4)c4cc(-n5c6ccccc6c6ccccc65)ccc4-c4ccc(-n5c6ccccc6c6ccccc65)cc43)n2)cc1. The largest absolute Gasteiger partial charge is 0.309 e. The molecule has 15 rings (SSSR count). The maximum atomic E-state index is 5.26. The zero-order chi connectivity index (χ0) is 45.2. The number of para-hydroxylation sites is 4. The molecule has 1 spiro atoms. The number of fused-ring (bicyclic) bond motifs is 16. The molecule has 10 aromatic carbocycles. The van der Waals surface area contributed by atoms with Gasteiger partial charge in [0.15, 0.2) is 17.5 Å². The highest BCUT2D eigenvalue weighted by molar-refractivity contribution is 6.10. The smallest absolute Gasteiger partial charge is 0.164 e. The van der Waals surface area contributed by atoms with Crippen molar-refractivity contribution in [3.63, 3.8) is 0 Å². The summed E-state index contributed by atoms with van der Waals surface area (Å²) >= 11 is 0. The standard InChI is InChI=1S/C64H39N5/c1-3-17-40(18-4-1)61-65-62(41-19-5-2-6-20-41)67-63(66-61)42-31-34-46-45-21-7-12-26-53(45)64(54(46)37-42)55-38-43(68-57-27-13-8-22-49(57)50-23-9-14-28-58(50)68)32-35-47(55)48-36-33-44(39-56(48)64)69-59-29-15-10-24-51(59)52-25-11-16-30-60(52)69/h1-39H. The van der Waals surface area contributed by atoms with E-state index in [1.165, 1.54) is 88.1 Å². The lowest BCUT2D eigenvalue weighted by atomic mass is 9.70. The van der Waals surface area contributed by atoms with Crippen molar-refractivity contribution >= 4 is 43.6 Å². The van der Waals surface area contributed by atoms with E-state index >= 15 is 0 Å². The van der Waals surface area contributed by atoms with Crippen molar-refractivity contribution in [2.75, 3.05) is 0 Å². The van der Waals surface area contributed by atoms with Crippen molar-refractivity contribution < 1.29 is 0 Å². The highest BCUT2D eigenvalue weighted by atomic mass is 15.0. The Morgan fingerprint density at radius 3 is 1.07 bits per heavy atom. The third-order valence-corrected chi connectivity index (χ3v) is 14.8. The van der Waals surface area contributed by atoms with Crippen LogP contribution in [0.1, 0.15) is 22.3 Å². The van der Waals surface area contributed by atoms with Crippen molar-refractivity contribution in [2.24, 2.45) is 0 Å². The van der Waals surface area contributed by atoms with Gasteiger partial charge in [0.25, 0.3) is 0 Å². The second-order valence-corrected chi connectivity index (χ2v) is 18.3. The summed E-state index contributed by atoms with van der Waals surface area (Å²) in [5, 5.41) is 4.97. The van der Waals surface area contributed by atoms with E-state index in [9.17, 15) is 0 Å². The first kappa shape index (κ1) is 38.0. The van der Waals surface area contributed by atoms with Crippen LogP contribution in [0.15, 0.2) is 237 Å². The van der Waals surface area contributed by atoms with Crippen molar-refractivity contribution in [1.82, 2.24) is 24.1 Å². The lowest BCUT2D eigenvalue weighted by molar-refractivity contribution is 0.791. The topological polar surface area (TPSA) is 48.5 Å². The Bertz CT molecular complexity index is 3930. The molecule has 0 bridgehead atoms. The molecule has 69 heavy (non-hydrogen) atoms. The Morgan fingerprint density at radius 1 is 0.261 bits per heavy atom. The van der Waals surface area contributed by atoms with E-state index in [-0.39, 0.29) is 0 Å². The van der Waals surface area contributed by atoms with Gasteiger partial charge in [-0.15, -0.1) is 0 Å². The van der Waals surface area contributed by atoms with Crippen LogP contribution in [-0.2, 0) is 5.41 Å². The predicted molar refractivity (Wildman–Crippen MR) is 281 cm³/mol. The summed E-state index contributed by atoms with van der Waals surface area (Å²) in [4.78, 5) is 15.6. The highest BCUT2D eigenvalue weighted by Crippen LogP contribution is 2.64.